The van der Waals surface area contributed by atoms with E-state index in [2.05, 4.69) is 41.3 Å². The molecule has 162 valence electrons. The fourth-order valence-corrected chi connectivity index (χ4v) is 2.09. The highest BCUT2D eigenvalue weighted by Crippen LogP contribution is 2.45. The molecule has 0 aromatic heterocycles. The molecule has 0 aliphatic rings. The summed E-state index contributed by atoms with van der Waals surface area (Å²) in [5.41, 5.74) is 0. The molecule has 16 heteroatoms. The Hall–Kier alpha value is -1.06. The van der Waals surface area contributed by atoms with Crippen LogP contribution in [0.25, 0.3) is 0 Å². The van der Waals surface area contributed by atoms with Gasteiger partial charge in [0.05, 0.1) is 0 Å². The molecule has 0 N–H and O–H groups in total. The predicted molar refractivity (Wildman–Crippen MR) is 74.9 cm³/mol. The minimum absolute atomic E-state index is 0.257. The first kappa shape index (κ1) is 25.0. The number of halogens is 14. The van der Waals surface area contributed by atoms with Crippen molar-refractivity contribution in [1.29, 1.82) is 0 Å². The highest BCUT2D eigenvalue weighted by molar-refractivity contribution is 9.13. The molecule has 0 aliphatic heterocycles. The molecule has 0 aliphatic carbocycles. The molecule has 0 spiro atoms. The summed E-state index contributed by atoms with van der Waals surface area (Å²) < 4.78 is 158. The molecule has 0 heterocycles. The molecule has 0 radical (unpaired) electrons. The van der Waals surface area contributed by atoms with Crippen LogP contribution in [0, 0.1) is 0 Å². The molecule has 2 atom stereocenters. The summed E-state index contributed by atoms with van der Waals surface area (Å²) in [6, 6.07) is 0.515. The van der Waals surface area contributed by atoms with E-state index in [4.69, 9.17) is 0 Å². The molecule has 1 aromatic carbocycles. The zero-order valence-corrected chi connectivity index (χ0v) is 15.6. The van der Waals surface area contributed by atoms with Gasteiger partial charge in [-0.15, -0.1) is 0 Å². The molecule has 1 rings (SSSR count). The third-order valence-electron chi connectivity index (χ3n) is 2.64. The monoisotopic (exact) mass is 566 g/mol. The van der Waals surface area contributed by atoms with Crippen molar-refractivity contribution < 1.29 is 62.2 Å². The van der Waals surface area contributed by atoms with E-state index >= 15 is 0 Å². The Morgan fingerprint density at radius 3 is 1.07 bits per heavy atom. The number of hydrogen-bond donors (Lipinski definition) is 0. The van der Waals surface area contributed by atoms with Gasteiger partial charge in [0.1, 0.15) is 0 Å². The van der Waals surface area contributed by atoms with Gasteiger partial charge in [-0.3, -0.25) is 0 Å². The number of benzene rings is 1. The van der Waals surface area contributed by atoms with Crippen LogP contribution in [0.3, 0.4) is 0 Å². The Labute approximate surface area is 164 Å². The molecule has 2 unspecified atom stereocenters. The van der Waals surface area contributed by atoms with Gasteiger partial charge < -0.3 is 9.47 Å². The second-order valence-corrected chi connectivity index (χ2v) is 6.56. The molecule has 28 heavy (non-hydrogen) atoms. The van der Waals surface area contributed by atoms with E-state index in [0.29, 0.717) is 0 Å². The Kier molecular flexibility index (Phi) is 7.13. The van der Waals surface area contributed by atoms with Crippen LogP contribution in [0.1, 0.15) is 0 Å². The minimum Gasteiger partial charge on any atom is -0.426 e. The van der Waals surface area contributed by atoms with Gasteiger partial charge >= 0.3 is 24.6 Å². The van der Waals surface area contributed by atoms with Crippen LogP contribution in [-0.4, -0.2) is 36.9 Å². The van der Waals surface area contributed by atoms with Crippen molar-refractivity contribution in [2.45, 2.75) is 36.9 Å². The van der Waals surface area contributed by atoms with Gasteiger partial charge in [-0.2, -0.15) is 43.9 Å². The lowest BCUT2D eigenvalue weighted by atomic mass is 10.3. The SMILES string of the molecule is FC(C(F)(F)F)C(F)(F)Oc1cc(Br)c(Br)cc1OC(F)(F)C(F)C(F)(F)F. The van der Waals surface area contributed by atoms with E-state index in [-0.39, 0.29) is 21.1 Å². The first-order valence-corrected chi connectivity index (χ1v) is 7.92. The van der Waals surface area contributed by atoms with Crippen molar-refractivity contribution in [2.24, 2.45) is 0 Å². The second kappa shape index (κ2) is 7.99. The summed E-state index contributed by atoms with van der Waals surface area (Å²) in [5, 5.41) is 0. The smallest absolute Gasteiger partial charge is 0.426 e. The van der Waals surface area contributed by atoms with Crippen LogP contribution in [0.4, 0.5) is 52.7 Å². The van der Waals surface area contributed by atoms with Gasteiger partial charge in [-0.1, -0.05) is 0 Å². The van der Waals surface area contributed by atoms with Crippen molar-refractivity contribution in [3.63, 3.8) is 0 Å². The van der Waals surface area contributed by atoms with E-state index in [0.717, 1.165) is 0 Å². The lowest BCUT2D eigenvalue weighted by Gasteiger charge is -2.27. The van der Waals surface area contributed by atoms with Crippen molar-refractivity contribution in [2.75, 3.05) is 0 Å². The fourth-order valence-electron chi connectivity index (χ4n) is 1.45. The molecule has 2 nitrogen and oxygen atoms in total. The molecule has 0 saturated heterocycles. The summed E-state index contributed by atoms with van der Waals surface area (Å²) in [4.78, 5) is 0. The molecule has 0 saturated carbocycles. The van der Waals surface area contributed by atoms with Crippen molar-refractivity contribution in [3.8, 4) is 11.5 Å². The maximum absolute atomic E-state index is 13.4. The Morgan fingerprint density at radius 1 is 0.607 bits per heavy atom. The minimum atomic E-state index is -6.14. The van der Waals surface area contributed by atoms with Gasteiger partial charge in [0.2, 0.25) is 0 Å². The van der Waals surface area contributed by atoms with Gasteiger partial charge in [0.15, 0.2) is 11.5 Å². The predicted octanol–water partition coefficient (Wildman–Crippen LogP) is 6.96. The van der Waals surface area contributed by atoms with Crippen LogP contribution in [0.15, 0.2) is 21.1 Å². The normalized spacial score (nSPS) is 15.9. The van der Waals surface area contributed by atoms with Crippen LogP contribution in [0.2, 0.25) is 0 Å². The lowest BCUT2D eigenvalue weighted by molar-refractivity contribution is -0.312. The van der Waals surface area contributed by atoms with Gasteiger partial charge in [-0.25, -0.2) is 8.78 Å². The van der Waals surface area contributed by atoms with Crippen LogP contribution in [0.5, 0.6) is 11.5 Å². The van der Waals surface area contributed by atoms with Crippen LogP contribution >= 0.6 is 31.9 Å². The van der Waals surface area contributed by atoms with E-state index in [1.807, 2.05) is 0 Å². The van der Waals surface area contributed by atoms with Gasteiger partial charge in [0, 0.05) is 8.95 Å². The highest BCUT2D eigenvalue weighted by atomic mass is 79.9. The largest absolute Gasteiger partial charge is 0.439 e. The summed E-state index contributed by atoms with van der Waals surface area (Å²) in [6.07, 6.45) is -33.5. The van der Waals surface area contributed by atoms with Gasteiger partial charge in [0.25, 0.3) is 12.3 Å². The Morgan fingerprint density at radius 2 is 0.857 bits per heavy atom. The molecule has 1 aromatic rings. The summed E-state index contributed by atoms with van der Waals surface area (Å²) in [7, 11) is 0. The van der Waals surface area contributed by atoms with Gasteiger partial charge in [-0.05, 0) is 44.0 Å². The quantitative estimate of drug-likeness (QED) is 0.346. The molecule has 0 amide bonds. The first-order chi connectivity index (χ1) is 12.3. The molecule has 0 fully saturated rings. The number of alkyl halides is 12. The fraction of sp³-hybridized carbons (Fsp3) is 0.500. The Balaban J connectivity index is 3.34. The van der Waals surface area contributed by atoms with Crippen LogP contribution < -0.4 is 9.47 Å². The number of rotatable bonds is 6. The van der Waals surface area contributed by atoms with Crippen molar-refractivity contribution >= 4 is 31.9 Å². The number of ether oxygens (including phenoxy) is 2. The van der Waals surface area contributed by atoms with E-state index in [1.54, 1.807) is 0 Å². The van der Waals surface area contributed by atoms with E-state index in [1.165, 1.54) is 0 Å². The lowest BCUT2D eigenvalue weighted by Crippen LogP contribution is -2.47. The molecular weight excluding hydrogens is 564 g/mol. The molecule has 0 bridgehead atoms. The summed E-state index contributed by atoms with van der Waals surface area (Å²) in [6.45, 7) is 0. The molecular formula is C12H4Br2F12O2. The van der Waals surface area contributed by atoms with E-state index < -0.39 is 48.4 Å². The van der Waals surface area contributed by atoms with Crippen molar-refractivity contribution in [3.05, 3.63) is 21.1 Å². The maximum atomic E-state index is 13.4. The zero-order valence-electron chi connectivity index (χ0n) is 12.4. The van der Waals surface area contributed by atoms with Crippen molar-refractivity contribution in [1.82, 2.24) is 0 Å². The average molecular weight is 568 g/mol. The third kappa shape index (κ3) is 5.97. The third-order valence-corrected chi connectivity index (χ3v) is 4.49. The maximum Gasteiger partial charge on any atom is 0.439 e. The summed E-state index contributed by atoms with van der Waals surface area (Å²) in [5.74, 6) is -3.47. The second-order valence-electron chi connectivity index (χ2n) is 4.85. The average Bonchev–Trinajstić information content (AvgIpc) is 2.48. The first-order valence-electron chi connectivity index (χ1n) is 6.33. The van der Waals surface area contributed by atoms with Crippen LogP contribution in [-0.2, 0) is 0 Å². The highest BCUT2D eigenvalue weighted by Gasteiger charge is 2.61. The zero-order chi connectivity index (χ0) is 22.3. The number of hydrogen-bond acceptors (Lipinski definition) is 2. The summed E-state index contributed by atoms with van der Waals surface area (Å²) >= 11 is 5.24. The standard InChI is InChI=1S/C12H4Br2F12O2/c13-3-1-5(27-11(23,24)7(15)9(17,18)19)6(2-4(3)14)28-12(25,26)8(16)10(20,21)22/h1-2,7-8H. The topological polar surface area (TPSA) is 18.5 Å². The van der Waals surface area contributed by atoms with E-state index in [9.17, 15) is 52.7 Å². The Bertz CT molecular complexity index is 644.